The molecule has 0 unspecified atom stereocenters. The van der Waals surface area contributed by atoms with Gasteiger partial charge in [-0.25, -0.2) is 13.1 Å². The van der Waals surface area contributed by atoms with E-state index in [4.69, 9.17) is 0 Å². The van der Waals surface area contributed by atoms with Crippen LogP contribution in [0.15, 0.2) is 34.9 Å². The van der Waals surface area contributed by atoms with Gasteiger partial charge in [0, 0.05) is 36.5 Å². The maximum absolute atomic E-state index is 12.7. The number of carbonyl (C=O) groups excluding carboxylic acids is 1. The first-order chi connectivity index (χ1) is 13.7. The van der Waals surface area contributed by atoms with Crippen LogP contribution in [0.3, 0.4) is 0 Å². The molecule has 1 aromatic carbocycles. The Morgan fingerprint density at radius 1 is 1.24 bits per heavy atom. The molecule has 1 aliphatic carbocycles. The number of carbonyl (C=O) groups is 1. The average molecular weight is 483 g/mol. The third kappa shape index (κ3) is 5.46. The fourth-order valence-corrected chi connectivity index (χ4v) is 5.06. The molecule has 1 aromatic heterocycles. The van der Waals surface area contributed by atoms with Crippen molar-refractivity contribution >= 4 is 37.5 Å². The summed E-state index contributed by atoms with van der Waals surface area (Å²) in [5.41, 5.74) is 2.47. The number of amides is 1. The molecule has 1 fully saturated rings. The van der Waals surface area contributed by atoms with Crippen LogP contribution in [0.5, 0.6) is 0 Å². The summed E-state index contributed by atoms with van der Waals surface area (Å²) >= 11 is 3.51. The number of nitrogens with zero attached hydrogens (tertiary/aromatic N) is 2. The normalized spacial score (nSPS) is 20.0. The van der Waals surface area contributed by atoms with Crippen molar-refractivity contribution < 1.29 is 13.2 Å². The Hall–Kier alpha value is -1.71. The van der Waals surface area contributed by atoms with E-state index < -0.39 is 15.3 Å². The molecule has 0 aliphatic heterocycles. The second kappa shape index (κ2) is 8.97. The Balaban J connectivity index is 1.59. The fraction of sp³-hybridized carbons (Fsp3) is 0.500. The van der Waals surface area contributed by atoms with Gasteiger partial charge in [-0.2, -0.15) is 5.10 Å². The molecule has 9 heteroatoms. The SMILES string of the molecule is CC(C)S(=O)(=O)NC1CCC(C(=O)Nc2cccc(-c3nn(C)cc3Br)c2)CC1. The molecule has 0 spiro atoms. The third-order valence-electron chi connectivity index (χ3n) is 5.24. The van der Waals surface area contributed by atoms with Gasteiger partial charge >= 0.3 is 0 Å². The highest BCUT2D eigenvalue weighted by atomic mass is 79.9. The van der Waals surface area contributed by atoms with Gasteiger partial charge in [0.05, 0.1) is 9.72 Å². The fourth-order valence-electron chi connectivity index (χ4n) is 3.49. The van der Waals surface area contributed by atoms with E-state index in [9.17, 15) is 13.2 Å². The van der Waals surface area contributed by atoms with Crippen LogP contribution in [-0.4, -0.2) is 35.4 Å². The summed E-state index contributed by atoms with van der Waals surface area (Å²) < 4.78 is 29.4. The lowest BCUT2D eigenvalue weighted by Crippen LogP contribution is -2.42. The summed E-state index contributed by atoms with van der Waals surface area (Å²) in [6.45, 7) is 3.33. The van der Waals surface area contributed by atoms with Gasteiger partial charge in [-0.05, 0) is 67.6 Å². The number of anilines is 1. The van der Waals surface area contributed by atoms with Crippen LogP contribution in [-0.2, 0) is 21.9 Å². The predicted octanol–water partition coefficient (Wildman–Crippen LogP) is 3.67. The molecule has 1 heterocycles. The molecule has 2 N–H and O–H groups in total. The van der Waals surface area contributed by atoms with Crippen molar-refractivity contribution in [1.82, 2.24) is 14.5 Å². The highest BCUT2D eigenvalue weighted by Crippen LogP contribution is 2.30. The van der Waals surface area contributed by atoms with E-state index in [1.807, 2.05) is 37.5 Å². The highest BCUT2D eigenvalue weighted by Gasteiger charge is 2.29. The number of aromatic nitrogens is 2. The van der Waals surface area contributed by atoms with Crippen molar-refractivity contribution in [3.8, 4) is 11.3 Å². The van der Waals surface area contributed by atoms with Gasteiger partial charge in [-0.15, -0.1) is 0 Å². The average Bonchev–Trinajstić information content (AvgIpc) is 3.00. The molecule has 0 atom stereocenters. The summed E-state index contributed by atoms with van der Waals surface area (Å²) in [5.74, 6) is -0.132. The number of sulfonamides is 1. The summed E-state index contributed by atoms with van der Waals surface area (Å²) in [6.07, 6.45) is 4.56. The zero-order valence-corrected chi connectivity index (χ0v) is 19.3. The number of benzene rings is 1. The minimum atomic E-state index is -3.28. The lowest BCUT2D eigenvalue weighted by atomic mass is 9.86. The molecule has 7 nitrogen and oxygen atoms in total. The number of nitrogens with one attached hydrogen (secondary N) is 2. The van der Waals surface area contributed by atoms with Gasteiger partial charge in [-0.3, -0.25) is 9.48 Å². The molecule has 0 radical (unpaired) electrons. The largest absolute Gasteiger partial charge is 0.326 e. The quantitative estimate of drug-likeness (QED) is 0.656. The summed E-state index contributed by atoms with van der Waals surface area (Å²) in [6, 6.07) is 7.53. The molecule has 2 aromatic rings. The maximum Gasteiger partial charge on any atom is 0.227 e. The summed E-state index contributed by atoms with van der Waals surface area (Å²) in [7, 11) is -1.42. The van der Waals surface area contributed by atoms with E-state index in [0.29, 0.717) is 25.7 Å². The van der Waals surface area contributed by atoms with Crippen LogP contribution in [0.1, 0.15) is 39.5 Å². The molecular formula is C20H27BrN4O3S. The van der Waals surface area contributed by atoms with Crippen molar-refractivity contribution in [2.24, 2.45) is 13.0 Å². The van der Waals surface area contributed by atoms with Crippen molar-refractivity contribution in [2.75, 3.05) is 5.32 Å². The monoisotopic (exact) mass is 482 g/mol. The van der Waals surface area contributed by atoms with Crippen LogP contribution in [0.2, 0.25) is 0 Å². The van der Waals surface area contributed by atoms with E-state index >= 15 is 0 Å². The lowest BCUT2D eigenvalue weighted by Gasteiger charge is -2.28. The van der Waals surface area contributed by atoms with Gasteiger partial charge in [-0.1, -0.05) is 12.1 Å². The maximum atomic E-state index is 12.7. The highest BCUT2D eigenvalue weighted by molar-refractivity contribution is 9.10. The Morgan fingerprint density at radius 2 is 1.93 bits per heavy atom. The lowest BCUT2D eigenvalue weighted by molar-refractivity contribution is -0.120. The van der Waals surface area contributed by atoms with Crippen LogP contribution in [0.4, 0.5) is 5.69 Å². The van der Waals surface area contributed by atoms with Crippen molar-refractivity contribution in [1.29, 1.82) is 0 Å². The minimum Gasteiger partial charge on any atom is -0.326 e. The molecule has 3 rings (SSSR count). The van der Waals surface area contributed by atoms with Crippen LogP contribution in [0.25, 0.3) is 11.3 Å². The van der Waals surface area contributed by atoms with Gasteiger partial charge in [0.2, 0.25) is 15.9 Å². The van der Waals surface area contributed by atoms with Crippen molar-refractivity contribution in [3.63, 3.8) is 0 Å². The first-order valence-electron chi connectivity index (χ1n) is 9.77. The smallest absolute Gasteiger partial charge is 0.227 e. The molecule has 1 aliphatic rings. The van der Waals surface area contributed by atoms with Crippen molar-refractivity contribution in [2.45, 2.75) is 50.8 Å². The van der Waals surface area contributed by atoms with Gasteiger partial charge in [0.1, 0.15) is 5.69 Å². The van der Waals surface area contributed by atoms with Gasteiger partial charge in [0.25, 0.3) is 0 Å². The van der Waals surface area contributed by atoms with Crippen molar-refractivity contribution in [3.05, 3.63) is 34.9 Å². The second-order valence-electron chi connectivity index (χ2n) is 7.83. The van der Waals surface area contributed by atoms with Gasteiger partial charge in [0.15, 0.2) is 0 Å². The molecule has 1 saturated carbocycles. The predicted molar refractivity (Wildman–Crippen MR) is 118 cm³/mol. The number of hydrogen-bond donors (Lipinski definition) is 2. The van der Waals surface area contributed by atoms with Crippen LogP contribution < -0.4 is 10.0 Å². The van der Waals surface area contributed by atoms with Crippen LogP contribution >= 0.6 is 15.9 Å². The molecule has 158 valence electrons. The number of aryl methyl sites for hydroxylation is 1. The van der Waals surface area contributed by atoms with E-state index in [2.05, 4.69) is 31.1 Å². The third-order valence-corrected chi connectivity index (χ3v) is 7.72. The molecule has 29 heavy (non-hydrogen) atoms. The Morgan fingerprint density at radius 3 is 2.52 bits per heavy atom. The number of halogens is 1. The molecular weight excluding hydrogens is 456 g/mol. The molecule has 0 bridgehead atoms. The van der Waals surface area contributed by atoms with Crippen LogP contribution in [0, 0.1) is 5.92 Å². The van der Waals surface area contributed by atoms with E-state index in [1.54, 1.807) is 18.5 Å². The van der Waals surface area contributed by atoms with E-state index in [0.717, 1.165) is 21.4 Å². The molecule has 1 amide bonds. The van der Waals surface area contributed by atoms with Gasteiger partial charge < -0.3 is 5.32 Å². The zero-order valence-electron chi connectivity index (χ0n) is 16.9. The Labute approximate surface area is 180 Å². The van der Waals surface area contributed by atoms with E-state index in [1.165, 1.54) is 0 Å². The Kier molecular flexibility index (Phi) is 6.80. The summed E-state index contributed by atoms with van der Waals surface area (Å²) in [5, 5.41) is 6.99. The standard InChI is InChI=1S/C20H27BrN4O3S/c1-13(2)29(27,28)24-16-9-7-14(8-10-16)20(26)22-17-6-4-5-15(11-17)19-18(21)12-25(3)23-19/h4-6,11-14,16,24H,7-10H2,1-3H3,(H,22,26). The first kappa shape index (κ1) is 22.0. The van der Waals surface area contributed by atoms with E-state index in [-0.39, 0.29) is 17.9 Å². The summed E-state index contributed by atoms with van der Waals surface area (Å²) in [4.78, 5) is 12.7. The number of hydrogen-bond acceptors (Lipinski definition) is 4. The molecule has 0 saturated heterocycles. The zero-order chi connectivity index (χ0) is 21.2. The number of rotatable bonds is 6. The minimum absolute atomic E-state index is 0.0209. The topological polar surface area (TPSA) is 93.1 Å². The second-order valence-corrected chi connectivity index (χ2v) is 11.0. The Bertz CT molecular complexity index is 979. The first-order valence-corrected chi connectivity index (χ1v) is 12.1.